The molecule has 18 heavy (non-hydrogen) atoms. The van der Waals surface area contributed by atoms with Crippen molar-refractivity contribution in [1.82, 2.24) is 20.3 Å². The van der Waals surface area contributed by atoms with Crippen molar-refractivity contribution in [2.75, 3.05) is 0 Å². The van der Waals surface area contributed by atoms with Crippen LogP contribution in [0.4, 0.5) is 0 Å². The van der Waals surface area contributed by atoms with E-state index in [1.807, 2.05) is 6.92 Å². The number of carbonyl (C=O) groups is 1. The summed E-state index contributed by atoms with van der Waals surface area (Å²) in [5, 5.41) is 3.25. The van der Waals surface area contributed by atoms with Gasteiger partial charge in [0.1, 0.15) is 5.82 Å². The molecule has 0 aliphatic rings. The molecule has 0 saturated carbocycles. The Bertz CT molecular complexity index is 527. The van der Waals surface area contributed by atoms with E-state index in [0.29, 0.717) is 10.6 Å². The van der Waals surface area contributed by atoms with E-state index in [0.717, 1.165) is 12.2 Å². The van der Waals surface area contributed by atoms with Crippen molar-refractivity contribution in [2.45, 2.75) is 19.4 Å². The lowest BCUT2D eigenvalue weighted by Crippen LogP contribution is -2.29. The number of hydrogen-bond acceptors (Lipinski definition) is 3. The van der Waals surface area contributed by atoms with Crippen molar-refractivity contribution >= 4 is 17.5 Å². The van der Waals surface area contributed by atoms with Crippen molar-refractivity contribution in [1.29, 1.82) is 0 Å². The maximum Gasteiger partial charge on any atom is 0.254 e. The normalized spacial score (nSPS) is 12.1. The maximum absolute atomic E-state index is 12.1. The van der Waals surface area contributed by atoms with E-state index < -0.39 is 0 Å². The van der Waals surface area contributed by atoms with E-state index in [1.165, 1.54) is 6.20 Å². The second-order valence-corrected chi connectivity index (χ2v) is 4.17. The first-order chi connectivity index (χ1) is 8.72. The molecule has 2 aromatic rings. The molecule has 2 aromatic heterocycles. The third-order valence-corrected chi connectivity index (χ3v) is 2.91. The summed E-state index contributed by atoms with van der Waals surface area (Å²) in [6.45, 7) is 1.97. The SMILES string of the molecule is CCC(NC(=O)c1cnccc1Cl)c1ncc[nH]1. The Labute approximate surface area is 110 Å². The van der Waals surface area contributed by atoms with Gasteiger partial charge in [0, 0.05) is 24.8 Å². The quantitative estimate of drug-likeness (QED) is 0.890. The summed E-state index contributed by atoms with van der Waals surface area (Å²) in [5.41, 5.74) is 0.365. The van der Waals surface area contributed by atoms with Gasteiger partial charge in [0.15, 0.2) is 0 Å². The zero-order valence-corrected chi connectivity index (χ0v) is 10.6. The topological polar surface area (TPSA) is 70.7 Å². The Morgan fingerprint density at radius 3 is 3.00 bits per heavy atom. The van der Waals surface area contributed by atoms with Crippen LogP contribution in [0.5, 0.6) is 0 Å². The fourth-order valence-electron chi connectivity index (χ4n) is 1.61. The second-order valence-electron chi connectivity index (χ2n) is 3.76. The van der Waals surface area contributed by atoms with Crippen LogP contribution in [-0.4, -0.2) is 20.9 Å². The number of halogens is 1. The molecule has 0 radical (unpaired) electrons. The van der Waals surface area contributed by atoms with Gasteiger partial charge < -0.3 is 10.3 Å². The maximum atomic E-state index is 12.1. The molecule has 0 aromatic carbocycles. The molecule has 0 saturated heterocycles. The monoisotopic (exact) mass is 264 g/mol. The molecule has 0 aliphatic carbocycles. The summed E-state index contributed by atoms with van der Waals surface area (Å²) < 4.78 is 0. The summed E-state index contributed by atoms with van der Waals surface area (Å²) in [4.78, 5) is 23.1. The minimum Gasteiger partial charge on any atom is -0.347 e. The number of pyridine rings is 1. The Morgan fingerprint density at radius 2 is 2.39 bits per heavy atom. The number of carbonyl (C=O) groups excluding carboxylic acids is 1. The van der Waals surface area contributed by atoms with Crippen molar-refractivity contribution < 1.29 is 4.79 Å². The number of nitrogens with one attached hydrogen (secondary N) is 2. The standard InChI is InChI=1S/C12H13ClN4O/c1-2-10(11-15-5-6-16-11)17-12(18)8-7-14-4-3-9(8)13/h3-7,10H,2H2,1H3,(H,15,16)(H,17,18). The first-order valence-corrected chi connectivity index (χ1v) is 5.99. The molecule has 0 fully saturated rings. The van der Waals surface area contributed by atoms with Crippen LogP contribution in [0, 0.1) is 0 Å². The van der Waals surface area contributed by atoms with Gasteiger partial charge in [-0.15, -0.1) is 0 Å². The van der Waals surface area contributed by atoms with Gasteiger partial charge in [-0.2, -0.15) is 0 Å². The average Bonchev–Trinajstić information content (AvgIpc) is 2.90. The highest BCUT2D eigenvalue weighted by molar-refractivity contribution is 6.33. The van der Waals surface area contributed by atoms with Gasteiger partial charge >= 0.3 is 0 Å². The first-order valence-electron chi connectivity index (χ1n) is 5.62. The highest BCUT2D eigenvalue weighted by Crippen LogP contribution is 2.16. The van der Waals surface area contributed by atoms with Gasteiger partial charge in [-0.1, -0.05) is 18.5 Å². The fraction of sp³-hybridized carbons (Fsp3) is 0.250. The Morgan fingerprint density at radius 1 is 1.56 bits per heavy atom. The van der Waals surface area contributed by atoms with Crippen molar-refractivity contribution in [3.05, 3.63) is 47.3 Å². The molecule has 2 rings (SSSR count). The smallest absolute Gasteiger partial charge is 0.254 e. The van der Waals surface area contributed by atoms with Crippen LogP contribution in [0.3, 0.4) is 0 Å². The summed E-state index contributed by atoms with van der Waals surface area (Å²) in [6.07, 6.45) is 7.11. The number of aromatic nitrogens is 3. The highest BCUT2D eigenvalue weighted by Gasteiger charge is 2.17. The molecule has 6 heteroatoms. The van der Waals surface area contributed by atoms with Crippen LogP contribution in [0.15, 0.2) is 30.9 Å². The molecule has 0 aliphatic heterocycles. The third-order valence-electron chi connectivity index (χ3n) is 2.58. The molecule has 1 unspecified atom stereocenters. The van der Waals surface area contributed by atoms with Gasteiger partial charge in [0.05, 0.1) is 16.6 Å². The zero-order valence-electron chi connectivity index (χ0n) is 9.85. The lowest BCUT2D eigenvalue weighted by molar-refractivity contribution is 0.0933. The lowest BCUT2D eigenvalue weighted by atomic mass is 10.2. The molecular formula is C12H13ClN4O. The van der Waals surface area contributed by atoms with Gasteiger partial charge in [-0.25, -0.2) is 4.98 Å². The van der Waals surface area contributed by atoms with Crippen LogP contribution in [-0.2, 0) is 0 Å². The second kappa shape index (κ2) is 5.64. The lowest BCUT2D eigenvalue weighted by Gasteiger charge is -2.14. The van der Waals surface area contributed by atoms with E-state index in [9.17, 15) is 4.79 Å². The number of nitrogens with zero attached hydrogens (tertiary/aromatic N) is 2. The van der Waals surface area contributed by atoms with Crippen LogP contribution < -0.4 is 5.32 Å². The molecule has 2 N–H and O–H groups in total. The van der Waals surface area contributed by atoms with Crippen molar-refractivity contribution in [2.24, 2.45) is 0 Å². The summed E-state index contributed by atoms with van der Waals surface area (Å²) in [7, 11) is 0. The van der Waals surface area contributed by atoms with Crippen molar-refractivity contribution in [3.8, 4) is 0 Å². The Kier molecular flexibility index (Phi) is 3.94. The molecule has 1 atom stereocenters. The molecule has 0 bridgehead atoms. The summed E-state index contributed by atoms with van der Waals surface area (Å²) in [6, 6.07) is 1.42. The molecule has 1 amide bonds. The van der Waals surface area contributed by atoms with E-state index >= 15 is 0 Å². The molecule has 94 valence electrons. The highest BCUT2D eigenvalue weighted by atomic mass is 35.5. The molecule has 5 nitrogen and oxygen atoms in total. The average molecular weight is 265 g/mol. The van der Waals surface area contributed by atoms with Gasteiger partial charge in [-0.3, -0.25) is 9.78 Å². The van der Waals surface area contributed by atoms with E-state index in [1.54, 1.807) is 24.7 Å². The number of amides is 1. The predicted octanol–water partition coefficient (Wildman–Crippen LogP) is 2.34. The van der Waals surface area contributed by atoms with Gasteiger partial charge in [0.25, 0.3) is 5.91 Å². The van der Waals surface area contributed by atoms with E-state index in [2.05, 4.69) is 20.3 Å². The number of H-pyrrole nitrogens is 1. The Hall–Kier alpha value is -1.88. The summed E-state index contributed by atoms with van der Waals surface area (Å²) in [5.74, 6) is 0.474. The molecule has 0 spiro atoms. The van der Waals surface area contributed by atoms with Crippen LogP contribution in [0.25, 0.3) is 0 Å². The number of imidazole rings is 1. The van der Waals surface area contributed by atoms with E-state index in [-0.39, 0.29) is 11.9 Å². The molecular weight excluding hydrogens is 252 g/mol. The largest absolute Gasteiger partial charge is 0.347 e. The van der Waals surface area contributed by atoms with Crippen LogP contribution in [0.1, 0.15) is 35.6 Å². The minimum atomic E-state index is -0.253. The van der Waals surface area contributed by atoms with Gasteiger partial charge in [-0.05, 0) is 12.5 Å². The minimum absolute atomic E-state index is 0.163. The van der Waals surface area contributed by atoms with Crippen LogP contribution >= 0.6 is 11.6 Å². The van der Waals surface area contributed by atoms with Crippen molar-refractivity contribution in [3.63, 3.8) is 0 Å². The third kappa shape index (κ3) is 2.68. The number of aromatic amines is 1. The van der Waals surface area contributed by atoms with E-state index in [4.69, 9.17) is 11.6 Å². The predicted molar refractivity (Wildman–Crippen MR) is 68.3 cm³/mol. The zero-order chi connectivity index (χ0) is 13.0. The van der Waals surface area contributed by atoms with Gasteiger partial charge in [0.2, 0.25) is 0 Å². The number of hydrogen-bond donors (Lipinski definition) is 2. The Balaban J connectivity index is 2.14. The first kappa shape index (κ1) is 12.6. The summed E-state index contributed by atoms with van der Waals surface area (Å²) >= 11 is 5.95. The fourth-order valence-corrected chi connectivity index (χ4v) is 1.80. The number of rotatable bonds is 4. The molecule has 2 heterocycles. The van der Waals surface area contributed by atoms with Crippen LogP contribution in [0.2, 0.25) is 5.02 Å².